The summed E-state index contributed by atoms with van der Waals surface area (Å²) in [6.07, 6.45) is 0.207. The van der Waals surface area contributed by atoms with E-state index in [0.29, 0.717) is 15.6 Å². The van der Waals surface area contributed by atoms with Gasteiger partial charge in [0.25, 0.3) is 10.0 Å². The van der Waals surface area contributed by atoms with Gasteiger partial charge >= 0.3 is 0 Å². The quantitative estimate of drug-likeness (QED) is 0.196. The van der Waals surface area contributed by atoms with Crippen LogP contribution >= 0.6 is 23.2 Å². The minimum absolute atomic E-state index is 0.0128. The molecular weight excluding hydrogens is 605 g/mol. The largest absolute Gasteiger partial charge is 0.352 e. The summed E-state index contributed by atoms with van der Waals surface area (Å²) in [5, 5.41) is 3.66. The van der Waals surface area contributed by atoms with Crippen LogP contribution in [0.1, 0.15) is 25.0 Å². The first-order valence-corrected chi connectivity index (χ1v) is 16.0. The Bertz CT molecular complexity index is 1650. The lowest BCUT2D eigenvalue weighted by molar-refractivity contribution is -0.140. The van der Waals surface area contributed by atoms with Gasteiger partial charge in [-0.25, -0.2) is 8.42 Å². The summed E-state index contributed by atoms with van der Waals surface area (Å²) in [6.45, 7) is 3.08. The smallest absolute Gasteiger partial charge is 0.264 e. The summed E-state index contributed by atoms with van der Waals surface area (Å²) in [4.78, 5) is 29.5. The van der Waals surface area contributed by atoms with Gasteiger partial charge in [0, 0.05) is 29.1 Å². The molecule has 0 heterocycles. The van der Waals surface area contributed by atoms with E-state index in [2.05, 4.69) is 5.32 Å². The first kappa shape index (κ1) is 32.1. The van der Waals surface area contributed by atoms with Crippen molar-refractivity contribution in [2.75, 3.05) is 10.8 Å². The molecule has 4 aromatic carbocycles. The monoisotopic (exact) mass is 637 g/mol. The molecule has 0 aliphatic heterocycles. The van der Waals surface area contributed by atoms with Gasteiger partial charge in [-0.2, -0.15) is 0 Å². The maximum Gasteiger partial charge on any atom is 0.264 e. The van der Waals surface area contributed by atoms with Crippen LogP contribution in [-0.4, -0.2) is 43.8 Å². The average molecular weight is 639 g/mol. The van der Waals surface area contributed by atoms with Gasteiger partial charge in [0.1, 0.15) is 12.6 Å². The number of hydrogen-bond donors (Lipinski definition) is 1. The third kappa shape index (κ3) is 8.38. The van der Waals surface area contributed by atoms with Gasteiger partial charge in [0.05, 0.1) is 10.6 Å². The summed E-state index contributed by atoms with van der Waals surface area (Å²) < 4.78 is 29.0. The Labute approximate surface area is 263 Å². The summed E-state index contributed by atoms with van der Waals surface area (Å²) >= 11 is 12.8. The van der Waals surface area contributed by atoms with Crippen LogP contribution in [0.3, 0.4) is 0 Å². The topological polar surface area (TPSA) is 86.8 Å². The van der Waals surface area contributed by atoms with E-state index in [-0.39, 0.29) is 35.5 Å². The van der Waals surface area contributed by atoms with Gasteiger partial charge in [-0.1, -0.05) is 96.0 Å². The van der Waals surface area contributed by atoms with Gasteiger partial charge in [0.15, 0.2) is 0 Å². The van der Waals surface area contributed by atoms with E-state index in [1.807, 2.05) is 44.2 Å². The van der Waals surface area contributed by atoms with Gasteiger partial charge < -0.3 is 10.2 Å². The molecule has 0 bridgehead atoms. The fourth-order valence-electron chi connectivity index (χ4n) is 4.62. The molecule has 10 heteroatoms. The van der Waals surface area contributed by atoms with E-state index >= 15 is 0 Å². The molecule has 1 N–H and O–H groups in total. The van der Waals surface area contributed by atoms with Crippen LogP contribution in [0.25, 0.3) is 0 Å². The second kappa shape index (κ2) is 14.6. The Balaban J connectivity index is 1.81. The minimum Gasteiger partial charge on any atom is -0.352 e. The van der Waals surface area contributed by atoms with E-state index in [4.69, 9.17) is 23.2 Å². The highest BCUT2D eigenvalue weighted by Gasteiger charge is 2.35. The zero-order chi connectivity index (χ0) is 31.0. The van der Waals surface area contributed by atoms with E-state index in [0.717, 1.165) is 9.87 Å². The molecule has 0 radical (unpaired) electrons. The summed E-state index contributed by atoms with van der Waals surface area (Å²) in [7, 11) is -4.20. The highest BCUT2D eigenvalue weighted by molar-refractivity contribution is 7.92. The molecule has 0 aromatic heterocycles. The first-order chi connectivity index (χ1) is 20.6. The van der Waals surface area contributed by atoms with Crippen molar-refractivity contribution < 1.29 is 18.0 Å². The molecule has 0 aliphatic rings. The number of sulfonamides is 1. The standard InChI is InChI=1S/C33H33Cl2N3O4S/c1-24(2)36-33(40)31(20-25-12-5-3-6-13-25)37(22-26-14-9-10-19-30(26)35)32(39)23-38(28-16-11-15-27(34)21-28)43(41,42)29-17-7-4-8-18-29/h3-19,21,24,31H,20,22-23H2,1-2H3,(H,36,40)/t31-/m0/s1. The number of benzene rings is 4. The van der Waals surface area contributed by atoms with Crippen molar-refractivity contribution in [1.82, 2.24) is 10.2 Å². The Morgan fingerprint density at radius 1 is 0.814 bits per heavy atom. The van der Waals surface area contributed by atoms with Crippen molar-refractivity contribution in [2.24, 2.45) is 0 Å². The number of nitrogens with zero attached hydrogens (tertiary/aromatic N) is 2. The van der Waals surface area contributed by atoms with Crippen molar-refractivity contribution in [2.45, 2.75) is 43.8 Å². The predicted octanol–water partition coefficient (Wildman–Crippen LogP) is 6.35. The van der Waals surface area contributed by atoms with Crippen molar-refractivity contribution in [3.63, 3.8) is 0 Å². The molecule has 0 saturated heterocycles. The van der Waals surface area contributed by atoms with Crippen LogP contribution < -0.4 is 9.62 Å². The number of carbonyl (C=O) groups excluding carboxylic acids is 2. The molecular formula is C33H33Cl2N3O4S. The van der Waals surface area contributed by atoms with Crippen LogP contribution in [0.15, 0.2) is 114 Å². The van der Waals surface area contributed by atoms with Gasteiger partial charge in [-0.15, -0.1) is 0 Å². The number of rotatable bonds is 12. The normalized spacial score (nSPS) is 12.0. The van der Waals surface area contributed by atoms with Gasteiger partial charge in [-0.3, -0.25) is 13.9 Å². The lowest BCUT2D eigenvalue weighted by Gasteiger charge is -2.34. The molecule has 0 spiro atoms. The molecule has 7 nitrogen and oxygen atoms in total. The Hall–Kier alpha value is -3.85. The number of carbonyl (C=O) groups is 2. The number of anilines is 1. The van der Waals surface area contributed by atoms with Crippen molar-refractivity contribution >= 4 is 50.7 Å². The van der Waals surface area contributed by atoms with Crippen LogP contribution in [0, 0.1) is 0 Å². The molecule has 0 aliphatic carbocycles. The number of nitrogens with one attached hydrogen (secondary N) is 1. The van der Waals surface area contributed by atoms with Crippen LogP contribution in [-0.2, 0) is 32.6 Å². The molecule has 2 amide bonds. The third-order valence-electron chi connectivity index (χ3n) is 6.71. The van der Waals surface area contributed by atoms with Crippen LogP contribution in [0.2, 0.25) is 10.0 Å². The van der Waals surface area contributed by atoms with Gasteiger partial charge in [0.2, 0.25) is 11.8 Å². The number of amides is 2. The second-order valence-corrected chi connectivity index (χ2v) is 13.0. The molecule has 1 atom stereocenters. The lowest BCUT2D eigenvalue weighted by Crippen LogP contribution is -2.54. The van der Waals surface area contributed by atoms with Crippen LogP contribution in [0.4, 0.5) is 5.69 Å². The summed E-state index contributed by atoms with van der Waals surface area (Å²) in [6, 6.07) is 29.4. The molecule has 224 valence electrons. The Morgan fingerprint density at radius 3 is 2.07 bits per heavy atom. The lowest BCUT2D eigenvalue weighted by atomic mass is 10.0. The summed E-state index contributed by atoms with van der Waals surface area (Å²) in [5.41, 5.74) is 1.67. The molecule has 4 rings (SSSR count). The van der Waals surface area contributed by atoms with Gasteiger partial charge in [-0.05, 0) is 61.4 Å². The predicted molar refractivity (Wildman–Crippen MR) is 172 cm³/mol. The SMILES string of the molecule is CC(C)NC(=O)[C@H](Cc1ccccc1)N(Cc1ccccc1Cl)C(=O)CN(c1cccc(Cl)c1)S(=O)(=O)c1ccccc1. The highest BCUT2D eigenvalue weighted by Crippen LogP contribution is 2.27. The highest BCUT2D eigenvalue weighted by atomic mass is 35.5. The third-order valence-corrected chi connectivity index (χ3v) is 9.10. The first-order valence-electron chi connectivity index (χ1n) is 13.8. The fourth-order valence-corrected chi connectivity index (χ4v) is 6.43. The van der Waals surface area contributed by atoms with Crippen molar-refractivity contribution in [3.8, 4) is 0 Å². The van der Waals surface area contributed by atoms with E-state index in [1.54, 1.807) is 60.7 Å². The van der Waals surface area contributed by atoms with E-state index < -0.39 is 28.5 Å². The minimum atomic E-state index is -4.20. The summed E-state index contributed by atoms with van der Waals surface area (Å²) in [5.74, 6) is -0.946. The van der Waals surface area contributed by atoms with E-state index in [1.165, 1.54) is 23.1 Å². The van der Waals surface area contributed by atoms with Crippen molar-refractivity contribution in [1.29, 1.82) is 0 Å². The van der Waals surface area contributed by atoms with Crippen molar-refractivity contribution in [3.05, 3.63) is 130 Å². The molecule has 0 fully saturated rings. The average Bonchev–Trinajstić information content (AvgIpc) is 2.99. The molecule has 43 heavy (non-hydrogen) atoms. The Kier molecular flexibility index (Phi) is 10.9. The maximum absolute atomic E-state index is 14.4. The number of hydrogen-bond acceptors (Lipinski definition) is 4. The molecule has 0 unspecified atom stereocenters. The van der Waals surface area contributed by atoms with E-state index in [9.17, 15) is 18.0 Å². The zero-order valence-corrected chi connectivity index (χ0v) is 26.2. The molecule has 0 saturated carbocycles. The van der Waals surface area contributed by atoms with Crippen LogP contribution in [0.5, 0.6) is 0 Å². The second-order valence-electron chi connectivity index (χ2n) is 10.3. The fraction of sp³-hybridized carbons (Fsp3) is 0.212. The maximum atomic E-state index is 14.4. The Morgan fingerprint density at radius 2 is 1.44 bits per heavy atom. The molecule has 4 aromatic rings. The zero-order valence-electron chi connectivity index (χ0n) is 23.9. The number of halogens is 2.